The summed E-state index contributed by atoms with van der Waals surface area (Å²) in [5.74, 6) is 1.52. The third kappa shape index (κ3) is 4.67. The number of ketones is 1. The molecule has 28 heavy (non-hydrogen) atoms. The van der Waals surface area contributed by atoms with Crippen LogP contribution in [0.15, 0.2) is 24.3 Å². The SMILES string of the molecule is CC(=O)CCc1nc2c(N)nc3ccccc3c2n1CCCCCS(C)(=O)=O. The number of benzene rings is 1. The molecule has 0 unspecified atom stereocenters. The number of rotatable bonds is 9. The largest absolute Gasteiger partial charge is 0.382 e. The number of nitrogens with two attached hydrogens (primary N) is 1. The van der Waals surface area contributed by atoms with Gasteiger partial charge in [-0.15, -0.1) is 0 Å². The van der Waals surface area contributed by atoms with E-state index in [9.17, 15) is 13.2 Å². The van der Waals surface area contributed by atoms with Crippen LogP contribution in [0.4, 0.5) is 5.82 Å². The number of imidazole rings is 1. The van der Waals surface area contributed by atoms with Crippen LogP contribution in [0.3, 0.4) is 0 Å². The molecule has 0 radical (unpaired) electrons. The van der Waals surface area contributed by atoms with Crippen LogP contribution in [-0.2, 0) is 27.6 Å². The van der Waals surface area contributed by atoms with E-state index in [0.29, 0.717) is 37.1 Å². The van der Waals surface area contributed by atoms with E-state index in [1.165, 1.54) is 6.26 Å². The Morgan fingerprint density at radius 2 is 1.89 bits per heavy atom. The Labute approximate surface area is 164 Å². The zero-order chi connectivity index (χ0) is 20.3. The van der Waals surface area contributed by atoms with Gasteiger partial charge in [0.1, 0.15) is 27.0 Å². The molecule has 0 saturated carbocycles. The van der Waals surface area contributed by atoms with Crippen molar-refractivity contribution in [3.05, 3.63) is 30.1 Å². The van der Waals surface area contributed by atoms with Crippen LogP contribution in [0.25, 0.3) is 21.9 Å². The molecule has 3 rings (SSSR count). The molecule has 0 saturated heterocycles. The highest BCUT2D eigenvalue weighted by molar-refractivity contribution is 7.90. The Morgan fingerprint density at radius 1 is 1.14 bits per heavy atom. The highest BCUT2D eigenvalue weighted by Crippen LogP contribution is 2.29. The number of para-hydroxylation sites is 1. The maximum absolute atomic E-state index is 11.5. The average molecular weight is 403 g/mol. The monoisotopic (exact) mass is 402 g/mol. The lowest BCUT2D eigenvalue weighted by Gasteiger charge is -2.11. The molecular weight excluding hydrogens is 376 g/mol. The highest BCUT2D eigenvalue weighted by Gasteiger charge is 2.17. The van der Waals surface area contributed by atoms with Gasteiger partial charge in [-0.25, -0.2) is 18.4 Å². The Hall–Kier alpha value is -2.48. The minimum Gasteiger partial charge on any atom is -0.382 e. The van der Waals surface area contributed by atoms with Gasteiger partial charge in [-0.3, -0.25) is 0 Å². The van der Waals surface area contributed by atoms with Gasteiger partial charge < -0.3 is 15.1 Å². The molecule has 8 heteroatoms. The number of sulfone groups is 1. The van der Waals surface area contributed by atoms with Crippen LogP contribution in [0.5, 0.6) is 0 Å². The van der Waals surface area contributed by atoms with Gasteiger partial charge in [-0.05, 0) is 25.8 Å². The van der Waals surface area contributed by atoms with Crippen molar-refractivity contribution in [1.82, 2.24) is 14.5 Å². The van der Waals surface area contributed by atoms with E-state index in [-0.39, 0.29) is 11.5 Å². The number of unbranched alkanes of at least 4 members (excludes halogenated alkanes) is 2. The van der Waals surface area contributed by atoms with Crippen LogP contribution < -0.4 is 5.73 Å². The van der Waals surface area contributed by atoms with Crippen LogP contribution in [0.1, 0.15) is 38.4 Å². The number of carbonyl (C=O) groups is 1. The first-order valence-corrected chi connectivity index (χ1v) is 11.5. The Morgan fingerprint density at radius 3 is 2.61 bits per heavy atom. The van der Waals surface area contributed by atoms with E-state index in [1.54, 1.807) is 6.92 Å². The Bertz CT molecular complexity index is 1120. The molecular formula is C20H26N4O3S. The lowest BCUT2D eigenvalue weighted by Crippen LogP contribution is -2.07. The molecule has 0 aliphatic carbocycles. The summed E-state index contributed by atoms with van der Waals surface area (Å²) in [6.45, 7) is 2.27. The van der Waals surface area contributed by atoms with E-state index in [1.807, 2.05) is 24.3 Å². The average Bonchev–Trinajstić information content (AvgIpc) is 2.98. The second kappa shape index (κ2) is 8.26. The minimum absolute atomic E-state index is 0.114. The Kier molecular flexibility index (Phi) is 5.98. The number of anilines is 1. The van der Waals surface area contributed by atoms with E-state index in [0.717, 1.165) is 35.1 Å². The molecule has 0 aliphatic heterocycles. The number of aryl methyl sites for hydroxylation is 2. The normalized spacial score (nSPS) is 12.1. The zero-order valence-electron chi connectivity index (χ0n) is 16.3. The van der Waals surface area contributed by atoms with Gasteiger partial charge in [0, 0.05) is 36.8 Å². The van der Waals surface area contributed by atoms with Gasteiger partial charge in [0.15, 0.2) is 5.82 Å². The topological polar surface area (TPSA) is 108 Å². The molecule has 2 aromatic heterocycles. The third-order valence-corrected chi connectivity index (χ3v) is 5.82. The van der Waals surface area contributed by atoms with Crippen molar-refractivity contribution in [2.24, 2.45) is 0 Å². The first-order chi connectivity index (χ1) is 13.3. The van der Waals surface area contributed by atoms with Gasteiger partial charge in [0.2, 0.25) is 0 Å². The first-order valence-electron chi connectivity index (χ1n) is 9.47. The summed E-state index contributed by atoms with van der Waals surface area (Å²) in [4.78, 5) is 20.6. The number of Topliss-reactive ketones (excluding diaryl/α,β-unsaturated/α-hetero) is 1. The number of aromatic nitrogens is 3. The summed E-state index contributed by atoms with van der Waals surface area (Å²) in [6.07, 6.45) is 4.49. The molecule has 7 nitrogen and oxygen atoms in total. The molecule has 0 aliphatic rings. The zero-order valence-corrected chi connectivity index (χ0v) is 17.1. The second-order valence-corrected chi connectivity index (χ2v) is 9.54. The van der Waals surface area contributed by atoms with E-state index >= 15 is 0 Å². The summed E-state index contributed by atoms with van der Waals surface area (Å²) in [6, 6.07) is 7.80. The van der Waals surface area contributed by atoms with Crippen molar-refractivity contribution >= 4 is 43.4 Å². The standard InChI is InChI=1S/C20H26N4O3S/c1-14(25)10-11-17-23-18-19(15-8-4-5-9-16(15)22-20(18)21)24(17)12-6-3-7-13-28(2,26)27/h4-5,8-9H,3,6-7,10-13H2,1-2H3,(H2,21,22). The molecule has 0 spiro atoms. The first kappa shape index (κ1) is 20.3. The van der Waals surface area contributed by atoms with Gasteiger partial charge in [-0.1, -0.05) is 24.6 Å². The number of hydrogen-bond acceptors (Lipinski definition) is 6. The molecule has 0 bridgehead atoms. The van der Waals surface area contributed by atoms with Crippen molar-refractivity contribution in [1.29, 1.82) is 0 Å². The van der Waals surface area contributed by atoms with Gasteiger partial charge in [0.05, 0.1) is 11.0 Å². The molecule has 1 aromatic carbocycles. The fraction of sp³-hybridized carbons (Fsp3) is 0.450. The summed E-state index contributed by atoms with van der Waals surface area (Å²) in [5.41, 5.74) is 8.57. The second-order valence-electron chi connectivity index (χ2n) is 7.28. The highest BCUT2D eigenvalue weighted by atomic mass is 32.2. The van der Waals surface area contributed by atoms with E-state index in [4.69, 9.17) is 10.7 Å². The van der Waals surface area contributed by atoms with E-state index < -0.39 is 9.84 Å². The predicted molar refractivity (Wildman–Crippen MR) is 112 cm³/mol. The van der Waals surface area contributed by atoms with Crippen LogP contribution in [0, 0.1) is 0 Å². The van der Waals surface area contributed by atoms with Crippen molar-refractivity contribution in [3.63, 3.8) is 0 Å². The lowest BCUT2D eigenvalue weighted by atomic mass is 10.1. The van der Waals surface area contributed by atoms with Gasteiger partial charge in [-0.2, -0.15) is 0 Å². The van der Waals surface area contributed by atoms with Crippen molar-refractivity contribution < 1.29 is 13.2 Å². The van der Waals surface area contributed by atoms with Crippen LogP contribution >= 0.6 is 0 Å². The summed E-state index contributed by atoms with van der Waals surface area (Å²) < 4.78 is 24.8. The number of hydrogen-bond donors (Lipinski definition) is 1. The van der Waals surface area contributed by atoms with Crippen molar-refractivity contribution in [2.45, 2.75) is 45.6 Å². The summed E-state index contributed by atoms with van der Waals surface area (Å²) >= 11 is 0. The predicted octanol–water partition coefficient (Wildman–Crippen LogP) is 2.90. The van der Waals surface area contributed by atoms with E-state index in [2.05, 4.69) is 9.55 Å². The van der Waals surface area contributed by atoms with Gasteiger partial charge >= 0.3 is 0 Å². The fourth-order valence-electron chi connectivity index (χ4n) is 3.44. The Balaban J connectivity index is 1.96. The molecule has 2 N–H and O–H groups in total. The molecule has 2 heterocycles. The van der Waals surface area contributed by atoms with Crippen molar-refractivity contribution in [2.75, 3.05) is 17.7 Å². The minimum atomic E-state index is -2.94. The quantitative estimate of drug-likeness (QED) is 0.551. The summed E-state index contributed by atoms with van der Waals surface area (Å²) in [7, 11) is -2.94. The maximum atomic E-state index is 11.5. The van der Waals surface area contributed by atoms with Crippen molar-refractivity contribution in [3.8, 4) is 0 Å². The molecule has 0 atom stereocenters. The molecule has 0 amide bonds. The number of pyridine rings is 1. The maximum Gasteiger partial charge on any atom is 0.152 e. The van der Waals surface area contributed by atoms with Crippen LogP contribution in [0.2, 0.25) is 0 Å². The molecule has 150 valence electrons. The molecule has 3 aromatic rings. The lowest BCUT2D eigenvalue weighted by molar-refractivity contribution is -0.117. The van der Waals surface area contributed by atoms with Gasteiger partial charge in [0.25, 0.3) is 0 Å². The smallest absolute Gasteiger partial charge is 0.152 e. The number of carbonyl (C=O) groups excluding carboxylic acids is 1. The fourth-order valence-corrected chi connectivity index (χ4v) is 4.16. The molecule has 0 fully saturated rings. The number of nitrogens with zero attached hydrogens (tertiary/aromatic N) is 3. The third-order valence-electron chi connectivity index (χ3n) is 4.79. The van der Waals surface area contributed by atoms with Crippen LogP contribution in [-0.4, -0.2) is 40.7 Å². The summed E-state index contributed by atoms with van der Waals surface area (Å²) in [5, 5.41) is 0.976. The number of nitrogen functional groups attached to an aromatic ring is 1. The number of fused-ring (bicyclic) bond motifs is 3.